The van der Waals surface area contributed by atoms with Crippen molar-refractivity contribution in [2.24, 2.45) is 5.92 Å². The number of hydrogen-bond acceptors (Lipinski definition) is 2. The maximum atomic E-state index is 9.09. The van der Waals surface area contributed by atoms with E-state index in [1.165, 1.54) is 18.4 Å². The van der Waals surface area contributed by atoms with Gasteiger partial charge in [0.25, 0.3) is 0 Å². The number of benzene rings is 1. The van der Waals surface area contributed by atoms with Gasteiger partial charge in [-0.05, 0) is 48.6 Å². The lowest BCUT2D eigenvalue weighted by molar-refractivity contribution is 0.182. The summed E-state index contributed by atoms with van der Waals surface area (Å²) in [6, 6.07) is 8.28. The molecule has 0 heterocycles. The lowest BCUT2D eigenvalue weighted by atomic mass is 9.79. The van der Waals surface area contributed by atoms with Crippen LogP contribution < -0.4 is 0 Å². The van der Waals surface area contributed by atoms with Crippen molar-refractivity contribution < 1.29 is 10.2 Å². The largest absolute Gasteiger partial charge is 0.396 e. The van der Waals surface area contributed by atoms with Crippen LogP contribution in [-0.2, 0) is 6.61 Å². The van der Waals surface area contributed by atoms with Crippen LogP contribution in [0.1, 0.15) is 42.7 Å². The molecule has 0 spiro atoms. The average molecular weight is 220 g/mol. The van der Waals surface area contributed by atoms with Gasteiger partial charge in [0.15, 0.2) is 0 Å². The van der Waals surface area contributed by atoms with E-state index in [0.29, 0.717) is 18.4 Å². The van der Waals surface area contributed by atoms with E-state index in [0.717, 1.165) is 18.4 Å². The number of hydrogen-bond donors (Lipinski definition) is 2. The van der Waals surface area contributed by atoms with Crippen molar-refractivity contribution in [3.05, 3.63) is 35.4 Å². The van der Waals surface area contributed by atoms with Crippen LogP contribution in [0.15, 0.2) is 24.3 Å². The normalized spacial score (nSPS) is 25.6. The predicted molar refractivity (Wildman–Crippen MR) is 64.1 cm³/mol. The molecule has 1 aromatic rings. The molecule has 16 heavy (non-hydrogen) atoms. The molecule has 0 radical (unpaired) electrons. The highest BCUT2D eigenvalue weighted by Crippen LogP contribution is 2.35. The van der Waals surface area contributed by atoms with Crippen LogP contribution in [0.5, 0.6) is 0 Å². The molecule has 0 aromatic heterocycles. The molecule has 1 aromatic carbocycles. The highest BCUT2D eigenvalue weighted by Gasteiger charge is 2.21. The van der Waals surface area contributed by atoms with E-state index < -0.39 is 0 Å². The molecule has 0 atom stereocenters. The Morgan fingerprint density at radius 2 is 1.56 bits per heavy atom. The van der Waals surface area contributed by atoms with E-state index in [1.54, 1.807) is 0 Å². The van der Waals surface area contributed by atoms with Crippen molar-refractivity contribution in [2.75, 3.05) is 6.61 Å². The van der Waals surface area contributed by atoms with Gasteiger partial charge in [-0.25, -0.2) is 0 Å². The summed E-state index contributed by atoms with van der Waals surface area (Å²) in [7, 11) is 0. The van der Waals surface area contributed by atoms with Crippen LogP contribution in [0.25, 0.3) is 0 Å². The summed E-state index contributed by atoms with van der Waals surface area (Å²) in [5.74, 6) is 1.17. The molecule has 0 amide bonds. The first-order valence-electron chi connectivity index (χ1n) is 6.14. The first-order chi connectivity index (χ1) is 7.83. The molecule has 88 valence electrons. The summed E-state index contributed by atoms with van der Waals surface area (Å²) in [4.78, 5) is 0. The van der Waals surface area contributed by atoms with Crippen LogP contribution in [0.2, 0.25) is 0 Å². The molecule has 2 heteroatoms. The van der Waals surface area contributed by atoms with E-state index in [1.807, 2.05) is 12.1 Å². The molecule has 0 saturated heterocycles. The topological polar surface area (TPSA) is 40.5 Å². The SMILES string of the molecule is OCc1ccc(C2CCC(CO)CC2)cc1. The molecule has 1 aliphatic carbocycles. The Bertz CT molecular complexity index is 310. The van der Waals surface area contributed by atoms with Gasteiger partial charge in [0.1, 0.15) is 0 Å². The third-order valence-electron chi connectivity index (χ3n) is 3.74. The Hall–Kier alpha value is -0.860. The van der Waals surface area contributed by atoms with Gasteiger partial charge in [-0.3, -0.25) is 0 Å². The third-order valence-corrected chi connectivity index (χ3v) is 3.74. The van der Waals surface area contributed by atoms with E-state index in [2.05, 4.69) is 12.1 Å². The van der Waals surface area contributed by atoms with Gasteiger partial charge < -0.3 is 10.2 Å². The highest BCUT2D eigenvalue weighted by atomic mass is 16.3. The van der Waals surface area contributed by atoms with Crippen LogP contribution in [0, 0.1) is 5.92 Å². The number of aliphatic hydroxyl groups is 2. The fraction of sp³-hybridized carbons (Fsp3) is 0.571. The second kappa shape index (κ2) is 5.46. The summed E-state index contributed by atoms with van der Waals surface area (Å²) >= 11 is 0. The Morgan fingerprint density at radius 1 is 0.938 bits per heavy atom. The molecular formula is C14H20O2. The monoisotopic (exact) mass is 220 g/mol. The van der Waals surface area contributed by atoms with Crippen molar-refractivity contribution in [1.29, 1.82) is 0 Å². The first-order valence-corrected chi connectivity index (χ1v) is 6.14. The van der Waals surface area contributed by atoms with Crippen LogP contribution in [0.4, 0.5) is 0 Å². The standard InChI is InChI=1S/C14H20O2/c15-9-11-1-5-13(6-2-11)14-7-3-12(10-16)4-8-14/h1-2,5-6,12,14-16H,3-4,7-10H2. The summed E-state index contributed by atoms with van der Waals surface area (Å²) in [5, 5.41) is 18.1. The van der Waals surface area contributed by atoms with Crippen LogP contribution in [-0.4, -0.2) is 16.8 Å². The predicted octanol–water partition coefficient (Wildman–Crippen LogP) is 2.45. The molecule has 2 rings (SSSR count). The Labute approximate surface area is 96.9 Å². The molecule has 0 bridgehead atoms. The second-order valence-electron chi connectivity index (χ2n) is 4.80. The summed E-state index contributed by atoms with van der Waals surface area (Å²) in [5.41, 5.74) is 2.36. The van der Waals surface area contributed by atoms with Gasteiger partial charge in [-0.15, -0.1) is 0 Å². The molecule has 0 unspecified atom stereocenters. The zero-order chi connectivity index (χ0) is 11.4. The minimum atomic E-state index is 0.123. The van der Waals surface area contributed by atoms with Crippen molar-refractivity contribution in [3.8, 4) is 0 Å². The fourth-order valence-corrected chi connectivity index (χ4v) is 2.57. The quantitative estimate of drug-likeness (QED) is 0.821. The van der Waals surface area contributed by atoms with E-state index >= 15 is 0 Å². The maximum Gasteiger partial charge on any atom is 0.0681 e. The van der Waals surface area contributed by atoms with Gasteiger partial charge in [0.05, 0.1) is 6.61 Å². The molecular weight excluding hydrogens is 200 g/mol. The van der Waals surface area contributed by atoms with E-state index in [9.17, 15) is 0 Å². The Kier molecular flexibility index (Phi) is 3.97. The zero-order valence-corrected chi connectivity index (χ0v) is 9.60. The Morgan fingerprint density at radius 3 is 2.06 bits per heavy atom. The van der Waals surface area contributed by atoms with Crippen LogP contribution >= 0.6 is 0 Å². The van der Waals surface area contributed by atoms with E-state index in [-0.39, 0.29) is 6.61 Å². The minimum Gasteiger partial charge on any atom is -0.396 e. The van der Waals surface area contributed by atoms with Gasteiger partial charge in [-0.1, -0.05) is 24.3 Å². The molecule has 2 nitrogen and oxygen atoms in total. The van der Waals surface area contributed by atoms with Crippen molar-refractivity contribution in [2.45, 2.75) is 38.2 Å². The highest BCUT2D eigenvalue weighted by molar-refractivity contribution is 5.25. The first kappa shape index (κ1) is 11.6. The fourth-order valence-electron chi connectivity index (χ4n) is 2.57. The van der Waals surface area contributed by atoms with Crippen LogP contribution in [0.3, 0.4) is 0 Å². The Balaban J connectivity index is 1.97. The smallest absolute Gasteiger partial charge is 0.0681 e. The number of aliphatic hydroxyl groups excluding tert-OH is 2. The lowest BCUT2D eigenvalue weighted by Gasteiger charge is -2.27. The summed E-state index contributed by atoms with van der Waals surface area (Å²) in [6.07, 6.45) is 4.65. The van der Waals surface area contributed by atoms with E-state index in [4.69, 9.17) is 10.2 Å². The summed E-state index contributed by atoms with van der Waals surface area (Å²) < 4.78 is 0. The van der Waals surface area contributed by atoms with Crippen molar-refractivity contribution in [3.63, 3.8) is 0 Å². The molecule has 0 aliphatic heterocycles. The average Bonchev–Trinajstić information content (AvgIpc) is 2.39. The van der Waals surface area contributed by atoms with Crippen molar-refractivity contribution >= 4 is 0 Å². The summed E-state index contributed by atoms with van der Waals surface area (Å²) in [6.45, 7) is 0.466. The molecule has 2 N–H and O–H groups in total. The van der Waals surface area contributed by atoms with Gasteiger partial charge in [0, 0.05) is 6.61 Å². The van der Waals surface area contributed by atoms with Gasteiger partial charge >= 0.3 is 0 Å². The molecule has 1 aliphatic rings. The zero-order valence-electron chi connectivity index (χ0n) is 9.60. The van der Waals surface area contributed by atoms with Crippen molar-refractivity contribution in [1.82, 2.24) is 0 Å². The molecule has 1 fully saturated rings. The second-order valence-corrected chi connectivity index (χ2v) is 4.80. The molecule has 1 saturated carbocycles. The maximum absolute atomic E-state index is 9.09. The lowest BCUT2D eigenvalue weighted by Crippen LogP contribution is -2.16. The van der Waals surface area contributed by atoms with Gasteiger partial charge in [0.2, 0.25) is 0 Å². The minimum absolute atomic E-state index is 0.123. The number of rotatable bonds is 3. The third kappa shape index (κ3) is 2.63. The van der Waals surface area contributed by atoms with Gasteiger partial charge in [-0.2, -0.15) is 0 Å².